The highest BCUT2D eigenvalue weighted by Crippen LogP contribution is 2.34. The Bertz CT molecular complexity index is 486. The summed E-state index contributed by atoms with van der Waals surface area (Å²) in [7, 11) is 0. The standard InChI is InChI=1S/C11H12ClF3N2OS/c1-10(2,3)19(18)17-6-7-4-5-16-9(8(7)12)11(13,14)15/h4-6H,1-3H3/t19-/m0/s1. The summed E-state index contributed by atoms with van der Waals surface area (Å²) in [5.74, 6) is 0. The molecule has 0 aliphatic rings. The molecule has 8 heteroatoms. The van der Waals surface area contributed by atoms with Gasteiger partial charge in [0, 0.05) is 11.8 Å². The van der Waals surface area contributed by atoms with Crippen molar-refractivity contribution in [3.8, 4) is 0 Å². The monoisotopic (exact) mass is 312 g/mol. The fourth-order valence-electron chi connectivity index (χ4n) is 1.02. The number of pyridine rings is 1. The van der Waals surface area contributed by atoms with Crippen molar-refractivity contribution in [1.82, 2.24) is 4.98 Å². The highest BCUT2D eigenvalue weighted by Gasteiger charge is 2.36. The minimum atomic E-state index is -4.63. The molecule has 0 saturated heterocycles. The Hall–Kier alpha value is -0.790. The lowest BCUT2D eigenvalue weighted by Gasteiger charge is -2.17. The topological polar surface area (TPSA) is 48.3 Å². The van der Waals surface area contributed by atoms with Crippen LogP contribution in [0.1, 0.15) is 32.0 Å². The van der Waals surface area contributed by atoms with E-state index in [1.54, 1.807) is 20.8 Å². The second kappa shape index (κ2) is 5.68. The zero-order chi connectivity index (χ0) is 14.8. The maximum absolute atomic E-state index is 12.6. The smallest absolute Gasteiger partial charge is 0.434 e. The van der Waals surface area contributed by atoms with Gasteiger partial charge in [0.15, 0.2) is 5.69 Å². The Balaban J connectivity index is 3.08. The van der Waals surface area contributed by atoms with Crippen LogP contribution in [-0.4, -0.2) is 20.5 Å². The second-order valence-electron chi connectivity index (χ2n) is 4.66. The van der Waals surface area contributed by atoms with Crippen LogP contribution < -0.4 is 0 Å². The molecule has 0 amide bonds. The number of aromatic nitrogens is 1. The molecule has 0 radical (unpaired) electrons. The summed E-state index contributed by atoms with van der Waals surface area (Å²) in [5, 5.41) is -0.551. The summed E-state index contributed by atoms with van der Waals surface area (Å²) in [6.45, 7) is 5.11. The van der Waals surface area contributed by atoms with E-state index in [4.69, 9.17) is 11.6 Å². The fourth-order valence-corrected chi connectivity index (χ4v) is 1.81. The predicted molar refractivity (Wildman–Crippen MR) is 69.7 cm³/mol. The lowest BCUT2D eigenvalue weighted by molar-refractivity contribution is -0.141. The van der Waals surface area contributed by atoms with Crippen molar-refractivity contribution in [3.63, 3.8) is 0 Å². The van der Waals surface area contributed by atoms with Crippen molar-refractivity contribution in [2.75, 3.05) is 0 Å². The zero-order valence-electron chi connectivity index (χ0n) is 10.5. The van der Waals surface area contributed by atoms with Crippen LogP contribution in [0.25, 0.3) is 0 Å². The summed E-state index contributed by atoms with van der Waals surface area (Å²) in [4.78, 5) is 3.19. The molecule has 1 aromatic heterocycles. The van der Waals surface area contributed by atoms with Crippen molar-refractivity contribution >= 4 is 29.2 Å². The largest absolute Gasteiger partial charge is 0.591 e. The Morgan fingerprint density at radius 3 is 2.42 bits per heavy atom. The van der Waals surface area contributed by atoms with E-state index in [2.05, 4.69) is 9.38 Å². The molecule has 0 fully saturated rings. The molecule has 0 aliphatic carbocycles. The van der Waals surface area contributed by atoms with Crippen LogP contribution in [0.2, 0.25) is 5.02 Å². The molecule has 1 atom stereocenters. The highest BCUT2D eigenvalue weighted by atomic mass is 35.5. The fraction of sp³-hybridized carbons (Fsp3) is 0.455. The average molecular weight is 313 g/mol. The van der Waals surface area contributed by atoms with Gasteiger partial charge in [0.1, 0.15) is 16.1 Å². The van der Waals surface area contributed by atoms with E-state index < -0.39 is 33.0 Å². The van der Waals surface area contributed by atoms with Crippen molar-refractivity contribution in [2.45, 2.75) is 31.7 Å². The summed E-state index contributed by atoms with van der Waals surface area (Å²) < 4.78 is 52.5. The normalized spacial score (nSPS) is 14.9. The molecule has 1 rings (SSSR count). The van der Waals surface area contributed by atoms with E-state index in [1.165, 1.54) is 6.07 Å². The third-order valence-corrected chi connectivity index (χ3v) is 3.74. The molecular formula is C11H12ClF3N2OS. The van der Waals surface area contributed by atoms with Crippen LogP contribution in [0.4, 0.5) is 13.2 Å². The first-order valence-corrected chi connectivity index (χ1v) is 6.69. The lowest BCUT2D eigenvalue weighted by Crippen LogP contribution is -2.25. The number of hydrogen-bond acceptors (Lipinski definition) is 3. The quantitative estimate of drug-likeness (QED) is 0.618. The molecular weight excluding hydrogens is 301 g/mol. The maximum atomic E-state index is 12.6. The van der Waals surface area contributed by atoms with E-state index in [0.717, 1.165) is 12.4 Å². The number of rotatable bonds is 2. The van der Waals surface area contributed by atoms with Gasteiger partial charge in [-0.15, -0.1) is 0 Å². The molecule has 0 aromatic carbocycles. The van der Waals surface area contributed by atoms with Crippen LogP contribution in [0.15, 0.2) is 16.7 Å². The average Bonchev–Trinajstić information content (AvgIpc) is 2.24. The Labute approximate surface area is 117 Å². The maximum Gasteiger partial charge on any atom is 0.434 e. The number of nitrogens with zero attached hydrogens (tertiary/aromatic N) is 2. The molecule has 0 N–H and O–H groups in total. The van der Waals surface area contributed by atoms with Crippen LogP contribution in [0.5, 0.6) is 0 Å². The third kappa shape index (κ3) is 4.36. The molecule has 0 spiro atoms. The SMILES string of the molecule is CC(C)(C)[S@+]([O-])N=Cc1ccnc(C(F)(F)F)c1Cl. The van der Waals surface area contributed by atoms with Crippen LogP contribution in [0.3, 0.4) is 0 Å². The lowest BCUT2D eigenvalue weighted by atomic mass is 10.2. The highest BCUT2D eigenvalue weighted by molar-refractivity contribution is 7.91. The second-order valence-corrected chi connectivity index (χ2v) is 6.97. The molecule has 106 valence electrons. The molecule has 0 unspecified atom stereocenters. The van der Waals surface area contributed by atoms with Gasteiger partial charge >= 0.3 is 6.18 Å². The van der Waals surface area contributed by atoms with Gasteiger partial charge in [-0.2, -0.15) is 13.2 Å². The Kier molecular flexibility index (Phi) is 4.86. The Morgan fingerprint density at radius 1 is 1.37 bits per heavy atom. The van der Waals surface area contributed by atoms with Gasteiger partial charge in [-0.05, 0) is 26.8 Å². The first kappa shape index (κ1) is 16.3. The minimum absolute atomic E-state index is 0.0293. The van der Waals surface area contributed by atoms with Gasteiger partial charge in [0.25, 0.3) is 0 Å². The first-order valence-electron chi connectivity index (χ1n) is 5.21. The van der Waals surface area contributed by atoms with Gasteiger partial charge in [-0.3, -0.25) is 4.98 Å². The number of halogens is 4. The minimum Gasteiger partial charge on any atom is -0.591 e. The van der Waals surface area contributed by atoms with E-state index in [-0.39, 0.29) is 5.56 Å². The van der Waals surface area contributed by atoms with Gasteiger partial charge in [0.2, 0.25) is 0 Å². The number of alkyl halides is 3. The molecule has 1 heterocycles. The van der Waals surface area contributed by atoms with Crippen LogP contribution in [-0.2, 0) is 17.5 Å². The molecule has 19 heavy (non-hydrogen) atoms. The van der Waals surface area contributed by atoms with Crippen molar-refractivity contribution in [3.05, 3.63) is 28.5 Å². The van der Waals surface area contributed by atoms with Gasteiger partial charge in [0.05, 0.1) is 11.2 Å². The van der Waals surface area contributed by atoms with Crippen molar-refractivity contribution < 1.29 is 17.7 Å². The van der Waals surface area contributed by atoms with Gasteiger partial charge in [-0.25, -0.2) is 0 Å². The van der Waals surface area contributed by atoms with Crippen molar-refractivity contribution in [2.24, 2.45) is 4.40 Å². The van der Waals surface area contributed by atoms with Gasteiger partial charge in [-0.1, -0.05) is 16.0 Å². The van der Waals surface area contributed by atoms with Crippen LogP contribution >= 0.6 is 11.6 Å². The van der Waals surface area contributed by atoms with Crippen molar-refractivity contribution in [1.29, 1.82) is 0 Å². The van der Waals surface area contributed by atoms with E-state index in [9.17, 15) is 17.7 Å². The first-order chi connectivity index (χ1) is 8.53. The zero-order valence-corrected chi connectivity index (χ0v) is 12.0. The molecule has 0 aliphatic heterocycles. The number of hydrogen-bond donors (Lipinski definition) is 0. The molecule has 1 aromatic rings. The van der Waals surface area contributed by atoms with Crippen LogP contribution in [0, 0.1) is 0 Å². The Morgan fingerprint density at radius 2 is 1.95 bits per heavy atom. The predicted octanol–water partition coefficient (Wildman–Crippen LogP) is 3.63. The third-order valence-electron chi connectivity index (χ3n) is 2.00. The van der Waals surface area contributed by atoms with E-state index in [0.29, 0.717) is 0 Å². The summed E-state index contributed by atoms with van der Waals surface area (Å²) in [5.41, 5.74) is -1.15. The molecule has 0 saturated carbocycles. The van der Waals surface area contributed by atoms with E-state index >= 15 is 0 Å². The van der Waals surface area contributed by atoms with Gasteiger partial charge < -0.3 is 4.55 Å². The van der Waals surface area contributed by atoms with E-state index in [1.807, 2.05) is 0 Å². The summed E-state index contributed by atoms with van der Waals surface area (Å²) in [6, 6.07) is 1.28. The molecule has 3 nitrogen and oxygen atoms in total. The molecule has 0 bridgehead atoms. The summed E-state index contributed by atoms with van der Waals surface area (Å²) in [6.07, 6.45) is -2.58. The summed E-state index contributed by atoms with van der Waals surface area (Å²) >= 11 is 4.05.